The Morgan fingerprint density at radius 3 is 2.95 bits per heavy atom. The number of hydrogen-bond donors (Lipinski definition) is 1. The summed E-state index contributed by atoms with van der Waals surface area (Å²) in [5, 5.41) is 6.70. The first-order valence-electron chi connectivity index (χ1n) is 7.28. The number of halogens is 1. The van der Waals surface area contributed by atoms with Crippen LogP contribution in [0.2, 0.25) is 0 Å². The molecule has 6 heteroatoms. The van der Waals surface area contributed by atoms with Crippen molar-refractivity contribution >= 4 is 23.7 Å². The lowest BCUT2D eigenvalue weighted by Crippen LogP contribution is -2.43. The van der Waals surface area contributed by atoms with Crippen molar-refractivity contribution in [1.29, 1.82) is 0 Å². The van der Waals surface area contributed by atoms with Crippen molar-refractivity contribution in [1.82, 2.24) is 15.2 Å². The van der Waals surface area contributed by atoms with E-state index in [1.807, 2.05) is 0 Å². The predicted molar refractivity (Wildman–Crippen MR) is 84.8 cm³/mol. The summed E-state index contributed by atoms with van der Waals surface area (Å²) in [5.41, 5.74) is 1.11. The van der Waals surface area contributed by atoms with Gasteiger partial charge in [0, 0.05) is 30.7 Å². The Kier molecular flexibility index (Phi) is 6.23. The maximum atomic E-state index is 5.89. The van der Waals surface area contributed by atoms with E-state index in [0.29, 0.717) is 0 Å². The summed E-state index contributed by atoms with van der Waals surface area (Å²) in [6.07, 6.45) is 2.82. The summed E-state index contributed by atoms with van der Waals surface area (Å²) in [5.74, 6) is 0.859. The molecule has 4 nitrogen and oxygen atoms in total. The normalized spacial score (nSPS) is 25.4. The Labute approximate surface area is 131 Å². The number of ether oxygens (including phenoxy) is 1. The third kappa shape index (κ3) is 4.15. The van der Waals surface area contributed by atoms with Crippen LogP contribution in [0.3, 0.4) is 0 Å². The third-order valence-electron chi connectivity index (χ3n) is 4.04. The van der Waals surface area contributed by atoms with Crippen LogP contribution in [-0.4, -0.2) is 49.2 Å². The van der Waals surface area contributed by atoms with Gasteiger partial charge in [-0.05, 0) is 38.8 Å². The second kappa shape index (κ2) is 7.71. The van der Waals surface area contributed by atoms with Gasteiger partial charge in [-0.3, -0.25) is 4.90 Å². The van der Waals surface area contributed by atoms with E-state index in [0.717, 1.165) is 36.3 Å². The average Bonchev–Trinajstić information content (AvgIpc) is 2.87. The van der Waals surface area contributed by atoms with Gasteiger partial charge in [0.05, 0.1) is 6.61 Å². The van der Waals surface area contributed by atoms with Crippen molar-refractivity contribution in [2.24, 2.45) is 5.92 Å². The number of rotatable bonds is 3. The van der Waals surface area contributed by atoms with Gasteiger partial charge in [0.15, 0.2) is 0 Å². The minimum absolute atomic E-state index is 0. The molecule has 0 saturated carbocycles. The highest BCUT2D eigenvalue weighted by Crippen LogP contribution is 2.26. The molecule has 0 aromatic carbocycles. The average molecular weight is 318 g/mol. The standard InChI is InChI=1S/C14H23N3OS.ClH/c1-11-10-19-14(16-11)13-9-17(6-7-18-13)8-12-2-4-15-5-3-12;/h10,12-13,15H,2-9H2,1H3;1H. The van der Waals surface area contributed by atoms with E-state index in [2.05, 4.69) is 27.5 Å². The van der Waals surface area contributed by atoms with Gasteiger partial charge < -0.3 is 10.1 Å². The molecule has 2 fully saturated rings. The lowest BCUT2D eigenvalue weighted by Gasteiger charge is -2.35. The monoisotopic (exact) mass is 317 g/mol. The molecule has 1 aromatic heterocycles. The van der Waals surface area contributed by atoms with Gasteiger partial charge in [-0.25, -0.2) is 4.98 Å². The molecule has 2 saturated heterocycles. The summed E-state index contributed by atoms with van der Waals surface area (Å²) in [6, 6.07) is 0. The first-order chi connectivity index (χ1) is 9.31. The molecule has 0 spiro atoms. The summed E-state index contributed by atoms with van der Waals surface area (Å²) in [7, 11) is 0. The molecular formula is C14H24ClN3OS. The van der Waals surface area contributed by atoms with Crippen molar-refractivity contribution in [3.63, 3.8) is 0 Å². The minimum Gasteiger partial charge on any atom is -0.368 e. The zero-order valence-corrected chi connectivity index (χ0v) is 13.6. The van der Waals surface area contributed by atoms with Gasteiger partial charge in [0.2, 0.25) is 0 Å². The maximum Gasteiger partial charge on any atom is 0.123 e. The number of thiazole rings is 1. The molecule has 1 unspecified atom stereocenters. The maximum absolute atomic E-state index is 5.89. The molecule has 3 rings (SSSR count). The van der Waals surface area contributed by atoms with Crippen LogP contribution in [0, 0.1) is 12.8 Å². The number of aromatic nitrogens is 1. The molecule has 2 aliphatic rings. The molecular weight excluding hydrogens is 294 g/mol. The highest BCUT2D eigenvalue weighted by atomic mass is 35.5. The topological polar surface area (TPSA) is 37.4 Å². The lowest BCUT2D eigenvalue weighted by molar-refractivity contribution is -0.0357. The number of aryl methyl sites for hydroxylation is 1. The van der Waals surface area contributed by atoms with E-state index in [1.54, 1.807) is 11.3 Å². The third-order valence-corrected chi connectivity index (χ3v) is 5.09. The van der Waals surface area contributed by atoms with Crippen LogP contribution in [0.5, 0.6) is 0 Å². The first kappa shape index (κ1) is 16.2. The molecule has 114 valence electrons. The quantitative estimate of drug-likeness (QED) is 0.928. The van der Waals surface area contributed by atoms with Crippen LogP contribution in [-0.2, 0) is 4.74 Å². The first-order valence-corrected chi connectivity index (χ1v) is 8.16. The number of nitrogens with one attached hydrogen (secondary N) is 1. The van der Waals surface area contributed by atoms with Crippen LogP contribution in [0.4, 0.5) is 0 Å². The van der Waals surface area contributed by atoms with E-state index >= 15 is 0 Å². The van der Waals surface area contributed by atoms with Gasteiger partial charge >= 0.3 is 0 Å². The number of nitrogens with zero attached hydrogens (tertiary/aromatic N) is 2. The predicted octanol–water partition coefficient (Wildman–Crippen LogP) is 2.25. The second-order valence-corrected chi connectivity index (χ2v) is 6.53. The van der Waals surface area contributed by atoms with Crippen LogP contribution < -0.4 is 5.32 Å². The Hall–Kier alpha value is -0.200. The number of piperidine rings is 1. The summed E-state index contributed by atoms with van der Waals surface area (Å²) in [6.45, 7) is 8.58. The zero-order valence-electron chi connectivity index (χ0n) is 12.0. The fourth-order valence-electron chi connectivity index (χ4n) is 2.97. The molecule has 1 N–H and O–H groups in total. The van der Waals surface area contributed by atoms with Gasteiger partial charge in [-0.1, -0.05) is 0 Å². The Bertz CT molecular complexity index is 409. The van der Waals surface area contributed by atoms with Crippen LogP contribution >= 0.6 is 23.7 Å². The summed E-state index contributed by atoms with van der Waals surface area (Å²) < 4.78 is 5.89. The molecule has 0 aliphatic carbocycles. The highest BCUT2D eigenvalue weighted by molar-refractivity contribution is 7.09. The van der Waals surface area contributed by atoms with Gasteiger partial charge in [0.1, 0.15) is 11.1 Å². The van der Waals surface area contributed by atoms with Crippen molar-refractivity contribution in [2.75, 3.05) is 39.3 Å². The molecule has 0 bridgehead atoms. The molecule has 20 heavy (non-hydrogen) atoms. The Morgan fingerprint density at radius 2 is 2.25 bits per heavy atom. The van der Waals surface area contributed by atoms with Crippen molar-refractivity contribution in [2.45, 2.75) is 25.9 Å². The zero-order chi connectivity index (χ0) is 13.1. The van der Waals surface area contributed by atoms with E-state index in [1.165, 1.54) is 32.5 Å². The highest BCUT2D eigenvalue weighted by Gasteiger charge is 2.26. The Morgan fingerprint density at radius 1 is 1.45 bits per heavy atom. The summed E-state index contributed by atoms with van der Waals surface area (Å²) in [4.78, 5) is 7.14. The second-order valence-electron chi connectivity index (χ2n) is 5.64. The molecule has 3 heterocycles. The fourth-order valence-corrected chi connectivity index (χ4v) is 3.80. The van der Waals surface area contributed by atoms with Gasteiger partial charge in [0.25, 0.3) is 0 Å². The molecule has 1 aromatic rings. The molecule has 1 atom stereocenters. The van der Waals surface area contributed by atoms with E-state index < -0.39 is 0 Å². The fraction of sp³-hybridized carbons (Fsp3) is 0.786. The number of hydrogen-bond acceptors (Lipinski definition) is 5. The van der Waals surface area contributed by atoms with Crippen molar-refractivity contribution in [3.8, 4) is 0 Å². The van der Waals surface area contributed by atoms with E-state index in [9.17, 15) is 0 Å². The summed E-state index contributed by atoms with van der Waals surface area (Å²) >= 11 is 1.73. The van der Waals surface area contributed by atoms with Crippen LogP contribution in [0.15, 0.2) is 5.38 Å². The molecule has 0 radical (unpaired) electrons. The van der Waals surface area contributed by atoms with Crippen molar-refractivity contribution < 1.29 is 4.74 Å². The smallest absolute Gasteiger partial charge is 0.123 e. The van der Waals surface area contributed by atoms with Gasteiger partial charge in [-0.2, -0.15) is 0 Å². The van der Waals surface area contributed by atoms with Crippen LogP contribution in [0.25, 0.3) is 0 Å². The molecule has 2 aliphatic heterocycles. The molecule has 0 amide bonds. The van der Waals surface area contributed by atoms with Crippen LogP contribution in [0.1, 0.15) is 29.6 Å². The Balaban J connectivity index is 0.00000147. The SMILES string of the molecule is Cc1csc(C2CN(CC3CCNCC3)CCO2)n1.Cl. The van der Waals surface area contributed by atoms with Gasteiger partial charge in [-0.15, -0.1) is 23.7 Å². The van der Waals surface area contributed by atoms with E-state index in [-0.39, 0.29) is 18.5 Å². The minimum atomic E-state index is 0. The number of morpholine rings is 1. The van der Waals surface area contributed by atoms with Crippen molar-refractivity contribution in [3.05, 3.63) is 16.1 Å². The van der Waals surface area contributed by atoms with E-state index in [4.69, 9.17) is 4.74 Å². The lowest BCUT2D eigenvalue weighted by atomic mass is 9.97. The largest absolute Gasteiger partial charge is 0.368 e.